The number of carboxylic acids is 1. The zero-order valence-corrected chi connectivity index (χ0v) is 24.7. The van der Waals surface area contributed by atoms with E-state index in [4.69, 9.17) is 31.2 Å². The molecule has 0 bridgehead atoms. The summed E-state index contributed by atoms with van der Waals surface area (Å²) in [5.41, 5.74) is 1.92. The van der Waals surface area contributed by atoms with Crippen LogP contribution in [0.3, 0.4) is 0 Å². The number of hydrogen-bond acceptors (Lipinski definition) is 7. The zero-order valence-electron chi connectivity index (χ0n) is 23.1. The van der Waals surface area contributed by atoms with E-state index in [1.165, 1.54) is 12.8 Å². The van der Waals surface area contributed by atoms with Crippen LogP contribution in [0, 0.1) is 0 Å². The number of halogens is 1. The molecule has 0 atom stereocenters. The Bertz CT molecular complexity index is 1290. The highest BCUT2D eigenvalue weighted by Gasteiger charge is 2.41. The van der Waals surface area contributed by atoms with Gasteiger partial charge in [0.05, 0.1) is 29.5 Å². The van der Waals surface area contributed by atoms with Crippen molar-refractivity contribution in [2.75, 3.05) is 44.3 Å². The fraction of sp³-hybridized carbons (Fsp3) is 0.484. The van der Waals surface area contributed by atoms with Crippen LogP contribution < -0.4 is 14.4 Å². The van der Waals surface area contributed by atoms with Crippen molar-refractivity contribution in [1.29, 1.82) is 0 Å². The summed E-state index contributed by atoms with van der Waals surface area (Å²) in [5.74, 6) is 0.601. The van der Waals surface area contributed by atoms with Crippen molar-refractivity contribution in [3.8, 4) is 21.9 Å². The Morgan fingerprint density at radius 3 is 2.62 bits per heavy atom. The average Bonchev–Trinajstić information content (AvgIpc) is 3.68. The molecular weight excluding hydrogens is 546 g/mol. The number of nitrogens with zero attached hydrogens (tertiary/aromatic N) is 3. The highest BCUT2D eigenvalue weighted by atomic mass is 35.5. The van der Waals surface area contributed by atoms with Crippen LogP contribution >= 0.6 is 22.9 Å². The lowest BCUT2D eigenvalue weighted by Gasteiger charge is -2.47. The first-order chi connectivity index (χ1) is 19.5. The quantitative estimate of drug-likeness (QED) is 0.252. The Hall–Kier alpha value is -2.81. The largest absolute Gasteiger partial charge is 0.494 e. The van der Waals surface area contributed by atoms with Gasteiger partial charge in [0.1, 0.15) is 11.5 Å². The molecule has 1 aromatic heterocycles. The first-order valence-corrected chi connectivity index (χ1v) is 15.5. The second kappa shape index (κ2) is 13.2. The van der Waals surface area contributed by atoms with E-state index in [1.54, 1.807) is 29.5 Å². The van der Waals surface area contributed by atoms with Gasteiger partial charge in [-0.3, -0.25) is 9.69 Å². The van der Waals surface area contributed by atoms with E-state index in [2.05, 4.69) is 28.9 Å². The summed E-state index contributed by atoms with van der Waals surface area (Å²) < 4.78 is 12.0. The summed E-state index contributed by atoms with van der Waals surface area (Å²) in [4.78, 5) is 22.2. The van der Waals surface area contributed by atoms with Gasteiger partial charge in [-0.1, -0.05) is 48.1 Å². The molecule has 0 amide bonds. The lowest BCUT2D eigenvalue weighted by atomic mass is 9.83. The second-order valence-corrected chi connectivity index (χ2v) is 12.1. The Morgan fingerprint density at radius 1 is 1.07 bits per heavy atom. The van der Waals surface area contributed by atoms with Gasteiger partial charge in [0.2, 0.25) is 0 Å². The summed E-state index contributed by atoms with van der Waals surface area (Å²) in [7, 11) is 0. The molecule has 7 nitrogen and oxygen atoms in total. The molecule has 1 N–H and O–H groups in total. The number of thiazole rings is 1. The van der Waals surface area contributed by atoms with E-state index in [0.717, 1.165) is 79.8 Å². The fourth-order valence-electron chi connectivity index (χ4n) is 5.83. The number of aromatic nitrogens is 1. The molecule has 2 aromatic carbocycles. The number of ether oxygens (including phenoxy) is 2. The predicted molar refractivity (Wildman–Crippen MR) is 161 cm³/mol. The minimum atomic E-state index is -0.866. The number of carboxylic acid groups (broad SMARTS) is 1. The Kier molecular flexibility index (Phi) is 9.50. The van der Waals surface area contributed by atoms with Crippen molar-refractivity contribution in [2.45, 2.75) is 57.4 Å². The van der Waals surface area contributed by atoms with E-state index >= 15 is 0 Å². The van der Waals surface area contributed by atoms with Gasteiger partial charge in [-0.2, -0.15) is 0 Å². The van der Waals surface area contributed by atoms with Crippen LogP contribution in [-0.4, -0.2) is 65.9 Å². The average molecular weight is 584 g/mol. The van der Waals surface area contributed by atoms with Gasteiger partial charge in [0.15, 0.2) is 5.13 Å². The van der Waals surface area contributed by atoms with E-state index in [0.29, 0.717) is 22.9 Å². The van der Waals surface area contributed by atoms with Crippen LogP contribution in [0.15, 0.2) is 48.7 Å². The van der Waals surface area contributed by atoms with Gasteiger partial charge >= 0.3 is 5.97 Å². The molecule has 2 saturated heterocycles. The van der Waals surface area contributed by atoms with Crippen LogP contribution in [-0.2, 0) is 11.2 Å². The maximum Gasteiger partial charge on any atom is 0.307 e. The lowest BCUT2D eigenvalue weighted by molar-refractivity contribution is -0.136. The highest BCUT2D eigenvalue weighted by molar-refractivity contribution is 7.18. The number of aliphatic carboxylic acids is 1. The van der Waals surface area contributed by atoms with Crippen LogP contribution in [0.2, 0.25) is 5.02 Å². The third-order valence-electron chi connectivity index (χ3n) is 8.00. The predicted octanol–water partition coefficient (Wildman–Crippen LogP) is 6.78. The molecule has 3 aromatic rings. The van der Waals surface area contributed by atoms with Crippen molar-refractivity contribution >= 4 is 34.0 Å². The molecule has 40 heavy (non-hydrogen) atoms. The number of anilines is 1. The number of carbonyl (C=O) groups is 1. The molecule has 5 rings (SSSR count). The van der Waals surface area contributed by atoms with Gasteiger partial charge in [-0.15, -0.1) is 0 Å². The monoisotopic (exact) mass is 583 g/mol. The maximum atomic E-state index is 11.1. The molecule has 0 radical (unpaired) electrons. The number of rotatable bonds is 12. The Labute approximate surface area is 245 Å². The van der Waals surface area contributed by atoms with Crippen LogP contribution in [0.25, 0.3) is 10.4 Å². The van der Waals surface area contributed by atoms with Gasteiger partial charge < -0.3 is 19.5 Å². The fourth-order valence-corrected chi connectivity index (χ4v) is 6.96. The van der Waals surface area contributed by atoms with Crippen LogP contribution in [0.5, 0.6) is 11.5 Å². The number of benzene rings is 2. The minimum absolute atomic E-state index is 0.0440. The van der Waals surface area contributed by atoms with Gasteiger partial charge in [-0.25, -0.2) is 4.98 Å². The first-order valence-electron chi connectivity index (χ1n) is 14.3. The number of hydrogen-bond donors (Lipinski definition) is 1. The normalized spacial score (nSPS) is 17.2. The van der Waals surface area contributed by atoms with Crippen molar-refractivity contribution in [3.05, 3.63) is 59.2 Å². The van der Waals surface area contributed by atoms with Crippen LogP contribution in [0.1, 0.15) is 51.0 Å². The molecule has 0 unspecified atom stereocenters. The van der Waals surface area contributed by atoms with E-state index in [-0.39, 0.29) is 12.0 Å². The highest BCUT2D eigenvalue weighted by Crippen LogP contribution is 2.39. The molecule has 0 saturated carbocycles. The minimum Gasteiger partial charge on any atom is -0.494 e. The summed E-state index contributed by atoms with van der Waals surface area (Å²) in [6.45, 7) is 7.56. The first kappa shape index (κ1) is 28.7. The van der Waals surface area contributed by atoms with Gasteiger partial charge in [-0.05, 0) is 87.0 Å². The Balaban J connectivity index is 1.23. The molecule has 0 spiro atoms. The van der Waals surface area contributed by atoms with Gasteiger partial charge in [0.25, 0.3) is 0 Å². The summed E-state index contributed by atoms with van der Waals surface area (Å²) in [5, 5.41) is 10.7. The van der Waals surface area contributed by atoms with Crippen molar-refractivity contribution < 1.29 is 19.4 Å². The molecule has 0 aliphatic carbocycles. The molecular formula is C31H38ClN3O4S. The standard InChI is InChI=1S/C31H38ClN3O4S/c1-2-17-38-25-7-5-6-24(21-25)28-22-33-30(40-28)34-15-10-31(11-16-34,35-13-3-4-14-35)12-18-39-27-19-23(20-29(36)37)8-9-26(27)32/h5-9,19,21-22H,2-4,10-18,20H2,1H3,(H,36,37). The smallest absolute Gasteiger partial charge is 0.307 e. The summed E-state index contributed by atoms with van der Waals surface area (Å²) in [6, 6.07) is 13.5. The summed E-state index contributed by atoms with van der Waals surface area (Å²) in [6.07, 6.45) is 8.43. The molecule has 2 aliphatic rings. The van der Waals surface area contributed by atoms with Crippen molar-refractivity contribution in [3.63, 3.8) is 0 Å². The van der Waals surface area contributed by atoms with Crippen LogP contribution in [0.4, 0.5) is 5.13 Å². The van der Waals surface area contributed by atoms with Crippen molar-refractivity contribution in [1.82, 2.24) is 9.88 Å². The van der Waals surface area contributed by atoms with Crippen molar-refractivity contribution in [2.24, 2.45) is 0 Å². The molecule has 9 heteroatoms. The molecule has 214 valence electrons. The van der Waals surface area contributed by atoms with E-state index in [9.17, 15) is 4.79 Å². The van der Waals surface area contributed by atoms with E-state index in [1.807, 2.05) is 18.3 Å². The van der Waals surface area contributed by atoms with E-state index < -0.39 is 5.97 Å². The molecule has 2 fully saturated rings. The lowest BCUT2D eigenvalue weighted by Crippen LogP contribution is -2.55. The third-order valence-corrected chi connectivity index (χ3v) is 9.42. The third kappa shape index (κ3) is 6.90. The number of likely N-dealkylation sites (tertiary alicyclic amines) is 1. The Morgan fingerprint density at radius 2 is 1.88 bits per heavy atom. The molecule has 2 aliphatic heterocycles. The number of piperidine rings is 1. The second-order valence-electron chi connectivity index (χ2n) is 10.7. The SMILES string of the molecule is CCCOc1cccc(-c2cnc(N3CCC(CCOc4cc(CC(=O)O)ccc4Cl)(N4CCCC4)CC3)s2)c1. The topological polar surface area (TPSA) is 75.1 Å². The van der Waals surface area contributed by atoms with Gasteiger partial charge in [0, 0.05) is 24.8 Å². The maximum absolute atomic E-state index is 11.1. The zero-order chi connectivity index (χ0) is 28.0. The molecule has 3 heterocycles. The summed E-state index contributed by atoms with van der Waals surface area (Å²) >= 11 is 8.12.